The molecule has 0 saturated heterocycles. The van der Waals surface area contributed by atoms with Gasteiger partial charge in [-0.15, -0.1) is 0 Å². The number of hydrogen-bond donors (Lipinski definition) is 0. The van der Waals surface area contributed by atoms with Crippen molar-refractivity contribution in [1.82, 2.24) is 24.2 Å². The van der Waals surface area contributed by atoms with Crippen LogP contribution in [-0.4, -0.2) is 50.3 Å². The topological polar surface area (TPSA) is 82.2 Å². The molecule has 0 atom stereocenters. The number of aromatic nitrogens is 4. The van der Waals surface area contributed by atoms with E-state index in [2.05, 4.69) is 10.1 Å². The van der Waals surface area contributed by atoms with Gasteiger partial charge in [-0.2, -0.15) is 5.10 Å². The van der Waals surface area contributed by atoms with E-state index in [1.165, 1.54) is 17.1 Å². The third kappa shape index (κ3) is 3.17. The molecule has 0 aliphatic heterocycles. The van der Waals surface area contributed by atoms with Crippen molar-refractivity contribution < 1.29 is 9.53 Å². The van der Waals surface area contributed by atoms with Crippen molar-refractivity contribution in [3.05, 3.63) is 47.1 Å². The summed E-state index contributed by atoms with van der Waals surface area (Å²) in [5.41, 5.74) is 0.937. The highest BCUT2D eigenvalue weighted by molar-refractivity contribution is 5.78. The van der Waals surface area contributed by atoms with Crippen molar-refractivity contribution >= 4 is 16.9 Å². The summed E-state index contributed by atoms with van der Waals surface area (Å²) < 4.78 is 8.06. The van der Waals surface area contributed by atoms with E-state index in [9.17, 15) is 9.59 Å². The van der Waals surface area contributed by atoms with Gasteiger partial charge in [0.1, 0.15) is 24.0 Å². The number of hydrogen-bond acceptors (Lipinski definition) is 5. The number of ether oxygens (including phenoxy) is 1. The fourth-order valence-electron chi connectivity index (χ4n) is 2.80. The fourth-order valence-corrected chi connectivity index (χ4v) is 2.80. The summed E-state index contributed by atoms with van der Waals surface area (Å²) in [6.45, 7) is 5.00. The van der Waals surface area contributed by atoms with Gasteiger partial charge < -0.3 is 9.64 Å². The molecule has 2 aromatic heterocycles. The van der Waals surface area contributed by atoms with E-state index >= 15 is 0 Å². The standard InChI is InChI=1S/C18H21N5O3/c1-4-21(5-2)16(24)11-22-12-19-17-15(18(22)25)10-20-23(17)13-6-8-14(26-3)9-7-13/h6-10,12H,4-5,11H2,1-3H3. The van der Waals surface area contributed by atoms with E-state index in [-0.39, 0.29) is 18.0 Å². The summed E-state index contributed by atoms with van der Waals surface area (Å²) in [5, 5.41) is 4.65. The van der Waals surface area contributed by atoms with E-state index in [0.717, 1.165) is 11.4 Å². The molecule has 1 amide bonds. The van der Waals surface area contributed by atoms with Crippen LogP contribution in [0.5, 0.6) is 5.75 Å². The maximum absolute atomic E-state index is 12.7. The van der Waals surface area contributed by atoms with E-state index in [1.54, 1.807) is 16.7 Å². The molecule has 136 valence electrons. The van der Waals surface area contributed by atoms with Gasteiger partial charge >= 0.3 is 0 Å². The summed E-state index contributed by atoms with van der Waals surface area (Å²) >= 11 is 0. The Morgan fingerprint density at radius 1 is 1.19 bits per heavy atom. The summed E-state index contributed by atoms with van der Waals surface area (Å²) in [5.74, 6) is 0.622. The monoisotopic (exact) mass is 355 g/mol. The quantitative estimate of drug-likeness (QED) is 0.669. The van der Waals surface area contributed by atoms with E-state index in [1.807, 2.05) is 38.1 Å². The Hall–Kier alpha value is -3.16. The van der Waals surface area contributed by atoms with Crippen LogP contribution in [0, 0.1) is 0 Å². The lowest BCUT2D eigenvalue weighted by atomic mass is 10.3. The van der Waals surface area contributed by atoms with Crippen molar-refractivity contribution in [2.75, 3.05) is 20.2 Å². The molecule has 2 heterocycles. The van der Waals surface area contributed by atoms with Gasteiger partial charge in [0, 0.05) is 13.1 Å². The molecule has 3 rings (SSSR count). The molecule has 8 heteroatoms. The summed E-state index contributed by atoms with van der Waals surface area (Å²) in [7, 11) is 1.60. The molecule has 26 heavy (non-hydrogen) atoms. The molecular formula is C18H21N5O3. The number of carbonyl (C=O) groups excluding carboxylic acids is 1. The number of benzene rings is 1. The van der Waals surface area contributed by atoms with Gasteiger partial charge in [0.2, 0.25) is 5.91 Å². The fraction of sp³-hybridized carbons (Fsp3) is 0.333. The molecule has 0 aliphatic carbocycles. The largest absolute Gasteiger partial charge is 0.497 e. The number of likely N-dealkylation sites (N-methyl/N-ethyl adjacent to an activating group) is 1. The molecule has 8 nitrogen and oxygen atoms in total. The summed E-state index contributed by atoms with van der Waals surface area (Å²) in [6, 6.07) is 7.30. The van der Waals surface area contributed by atoms with Gasteiger partial charge in [0.15, 0.2) is 5.65 Å². The predicted octanol–water partition coefficient (Wildman–Crippen LogP) is 1.46. The van der Waals surface area contributed by atoms with Crippen LogP contribution in [0.15, 0.2) is 41.6 Å². The maximum atomic E-state index is 12.7. The zero-order chi connectivity index (χ0) is 18.7. The minimum absolute atomic E-state index is 0.0306. The van der Waals surface area contributed by atoms with E-state index in [4.69, 9.17) is 4.74 Å². The van der Waals surface area contributed by atoms with E-state index in [0.29, 0.717) is 24.1 Å². The van der Waals surface area contributed by atoms with Gasteiger partial charge in [-0.1, -0.05) is 0 Å². The molecule has 0 spiro atoms. The zero-order valence-corrected chi connectivity index (χ0v) is 15.0. The number of nitrogens with zero attached hydrogens (tertiary/aromatic N) is 5. The van der Waals surface area contributed by atoms with Gasteiger partial charge in [-0.3, -0.25) is 14.2 Å². The van der Waals surface area contributed by atoms with Gasteiger partial charge in [-0.05, 0) is 38.1 Å². The first-order valence-corrected chi connectivity index (χ1v) is 8.44. The molecule has 0 radical (unpaired) electrons. The third-order valence-electron chi connectivity index (χ3n) is 4.29. The van der Waals surface area contributed by atoms with Crippen molar-refractivity contribution in [1.29, 1.82) is 0 Å². The number of fused-ring (bicyclic) bond motifs is 1. The van der Waals surface area contributed by atoms with E-state index < -0.39 is 0 Å². The number of methoxy groups -OCH3 is 1. The van der Waals surface area contributed by atoms with Gasteiger partial charge in [-0.25, -0.2) is 9.67 Å². The first-order valence-electron chi connectivity index (χ1n) is 8.44. The molecule has 0 saturated carbocycles. The normalized spacial score (nSPS) is 10.9. The summed E-state index contributed by atoms with van der Waals surface area (Å²) in [4.78, 5) is 31.0. The van der Waals surface area contributed by atoms with Gasteiger partial charge in [0.05, 0.1) is 19.0 Å². The zero-order valence-electron chi connectivity index (χ0n) is 15.0. The number of rotatable bonds is 6. The molecule has 0 N–H and O–H groups in total. The highest BCUT2D eigenvalue weighted by Gasteiger charge is 2.15. The molecule has 0 fully saturated rings. The molecule has 0 bridgehead atoms. The molecule has 3 aromatic rings. The molecule has 0 aliphatic rings. The van der Waals surface area contributed by atoms with Crippen LogP contribution in [0.1, 0.15) is 13.8 Å². The molecule has 0 unspecified atom stereocenters. The van der Waals surface area contributed by atoms with Crippen LogP contribution in [-0.2, 0) is 11.3 Å². The van der Waals surface area contributed by atoms with Crippen molar-refractivity contribution in [3.63, 3.8) is 0 Å². The lowest BCUT2D eigenvalue weighted by molar-refractivity contribution is -0.131. The van der Waals surface area contributed by atoms with Crippen LogP contribution in [0.3, 0.4) is 0 Å². The predicted molar refractivity (Wildman–Crippen MR) is 97.6 cm³/mol. The highest BCUT2D eigenvalue weighted by atomic mass is 16.5. The minimum atomic E-state index is -0.282. The summed E-state index contributed by atoms with van der Waals surface area (Å²) in [6.07, 6.45) is 2.88. The Labute approximate surface area is 150 Å². The Morgan fingerprint density at radius 3 is 2.50 bits per heavy atom. The lowest BCUT2D eigenvalue weighted by Crippen LogP contribution is -2.36. The molecule has 1 aromatic carbocycles. The van der Waals surface area contributed by atoms with Crippen LogP contribution in [0.25, 0.3) is 16.7 Å². The van der Waals surface area contributed by atoms with Crippen molar-refractivity contribution in [2.45, 2.75) is 20.4 Å². The Morgan fingerprint density at radius 2 is 1.88 bits per heavy atom. The van der Waals surface area contributed by atoms with Crippen LogP contribution < -0.4 is 10.3 Å². The average molecular weight is 355 g/mol. The van der Waals surface area contributed by atoms with Crippen LogP contribution >= 0.6 is 0 Å². The van der Waals surface area contributed by atoms with Crippen LogP contribution in [0.4, 0.5) is 0 Å². The van der Waals surface area contributed by atoms with Crippen molar-refractivity contribution in [2.24, 2.45) is 0 Å². The first kappa shape index (κ1) is 17.7. The SMILES string of the molecule is CCN(CC)C(=O)Cn1cnc2c(cnn2-c2ccc(OC)cc2)c1=O. The Bertz CT molecular complexity index is 971. The first-order chi connectivity index (χ1) is 12.6. The second-order valence-corrected chi connectivity index (χ2v) is 5.74. The smallest absolute Gasteiger partial charge is 0.264 e. The van der Waals surface area contributed by atoms with Crippen LogP contribution in [0.2, 0.25) is 0 Å². The maximum Gasteiger partial charge on any atom is 0.264 e. The third-order valence-corrected chi connectivity index (χ3v) is 4.29. The second-order valence-electron chi connectivity index (χ2n) is 5.74. The number of carbonyl (C=O) groups is 1. The second kappa shape index (κ2) is 7.38. The minimum Gasteiger partial charge on any atom is -0.497 e. The van der Waals surface area contributed by atoms with Crippen molar-refractivity contribution in [3.8, 4) is 11.4 Å². The lowest BCUT2D eigenvalue weighted by Gasteiger charge is -2.18. The Balaban J connectivity index is 1.96. The molecular weight excluding hydrogens is 334 g/mol. The van der Waals surface area contributed by atoms with Gasteiger partial charge in [0.25, 0.3) is 5.56 Å². The average Bonchev–Trinajstić information content (AvgIpc) is 3.10. The Kier molecular flexibility index (Phi) is 5.01. The number of amides is 1. The highest BCUT2D eigenvalue weighted by Crippen LogP contribution is 2.17.